The van der Waals surface area contributed by atoms with Crippen molar-refractivity contribution < 1.29 is 14.4 Å². The van der Waals surface area contributed by atoms with E-state index in [0.29, 0.717) is 17.9 Å². The summed E-state index contributed by atoms with van der Waals surface area (Å²) in [6.45, 7) is 6.09. The van der Waals surface area contributed by atoms with E-state index in [0.717, 1.165) is 39.4 Å². The lowest BCUT2D eigenvalue weighted by Gasteiger charge is -2.09. The third-order valence-corrected chi connectivity index (χ3v) is 6.45. The number of amides is 1. The number of carbonyl (C=O) groups is 2. The van der Waals surface area contributed by atoms with Crippen LogP contribution in [0.3, 0.4) is 0 Å². The number of aryl methyl sites for hydroxylation is 1. The molecular formula is C27H29N7O3. The molecule has 0 aliphatic heterocycles. The normalized spacial score (nSPS) is 12.4. The molecule has 2 aromatic carbocycles. The SMILES string of the molecule is CC(C)CCC(=O)ONC(=O)c1ccc2nc(C(C)c3nc4cc(-n5ccnc5)ccc4[nH]3)n(C)c2c1. The van der Waals surface area contributed by atoms with Crippen molar-refractivity contribution in [3.8, 4) is 5.69 Å². The molecule has 3 heterocycles. The van der Waals surface area contributed by atoms with Crippen LogP contribution in [0.4, 0.5) is 0 Å². The van der Waals surface area contributed by atoms with Crippen molar-refractivity contribution in [2.45, 2.75) is 39.5 Å². The molecule has 1 atom stereocenters. The van der Waals surface area contributed by atoms with Crippen molar-refractivity contribution in [1.29, 1.82) is 0 Å². The molecule has 2 N–H and O–H groups in total. The Bertz CT molecular complexity index is 1580. The molecule has 0 aliphatic carbocycles. The highest BCUT2D eigenvalue weighted by Gasteiger charge is 2.21. The number of imidazole rings is 3. The van der Waals surface area contributed by atoms with E-state index in [1.807, 2.05) is 61.3 Å². The zero-order valence-corrected chi connectivity index (χ0v) is 21.2. The van der Waals surface area contributed by atoms with Gasteiger partial charge in [-0.1, -0.05) is 13.8 Å². The van der Waals surface area contributed by atoms with Gasteiger partial charge in [-0.15, -0.1) is 0 Å². The molecule has 190 valence electrons. The first-order chi connectivity index (χ1) is 17.8. The van der Waals surface area contributed by atoms with Gasteiger partial charge in [-0.25, -0.2) is 19.7 Å². The molecular weight excluding hydrogens is 470 g/mol. The fourth-order valence-corrected chi connectivity index (χ4v) is 4.27. The van der Waals surface area contributed by atoms with Crippen LogP contribution in [-0.4, -0.2) is 40.9 Å². The standard InChI is InChI=1S/C27H29N7O3/c1-16(2)5-10-24(35)37-32-27(36)18-6-8-21-23(13-18)33(4)26(31-21)17(3)25-29-20-9-7-19(14-22(20)30-25)34-12-11-28-15-34/h6-9,11-17H,5,10H2,1-4H3,(H,29,30)(H,32,36). The maximum absolute atomic E-state index is 12.6. The van der Waals surface area contributed by atoms with Gasteiger partial charge < -0.3 is 19.0 Å². The second-order valence-corrected chi connectivity index (χ2v) is 9.59. The fraction of sp³-hybridized carbons (Fsp3) is 0.296. The van der Waals surface area contributed by atoms with Crippen molar-refractivity contribution in [2.75, 3.05) is 0 Å². The number of nitrogens with zero attached hydrogens (tertiary/aromatic N) is 5. The van der Waals surface area contributed by atoms with E-state index in [9.17, 15) is 9.59 Å². The van der Waals surface area contributed by atoms with Gasteiger partial charge in [0.15, 0.2) is 0 Å². The van der Waals surface area contributed by atoms with Crippen LogP contribution in [-0.2, 0) is 16.7 Å². The second-order valence-electron chi connectivity index (χ2n) is 9.59. The Morgan fingerprint density at radius 1 is 1.08 bits per heavy atom. The van der Waals surface area contributed by atoms with Crippen LogP contribution in [0.25, 0.3) is 27.8 Å². The summed E-state index contributed by atoms with van der Waals surface area (Å²) in [5, 5.41) is 0. The molecule has 0 saturated carbocycles. The molecule has 10 heteroatoms. The maximum Gasteiger partial charge on any atom is 0.332 e. The largest absolute Gasteiger partial charge is 0.341 e. The average Bonchev–Trinajstić information content (AvgIpc) is 3.64. The minimum atomic E-state index is -0.485. The Morgan fingerprint density at radius 3 is 2.68 bits per heavy atom. The lowest BCUT2D eigenvalue weighted by atomic mass is 10.1. The molecule has 5 aromatic rings. The first-order valence-electron chi connectivity index (χ1n) is 12.2. The number of H-pyrrole nitrogens is 1. The predicted octanol–water partition coefficient (Wildman–Crippen LogP) is 4.41. The number of benzene rings is 2. The first-order valence-corrected chi connectivity index (χ1v) is 12.2. The van der Waals surface area contributed by atoms with Gasteiger partial charge in [0.1, 0.15) is 11.6 Å². The van der Waals surface area contributed by atoms with Gasteiger partial charge in [-0.2, -0.15) is 5.48 Å². The molecule has 0 fully saturated rings. The Morgan fingerprint density at radius 2 is 1.92 bits per heavy atom. The number of hydrogen-bond acceptors (Lipinski definition) is 6. The molecule has 1 unspecified atom stereocenters. The van der Waals surface area contributed by atoms with Gasteiger partial charge in [0.25, 0.3) is 5.91 Å². The van der Waals surface area contributed by atoms with E-state index in [1.165, 1.54) is 0 Å². The molecule has 0 bridgehead atoms. The fourth-order valence-electron chi connectivity index (χ4n) is 4.27. The van der Waals surface area contributed by atoms with E-state index < -0.39 is 11.9 Å². The Hall–Kier alpha value is -4.47. The van der Waals surface area contributed by atoms with Crippen LogP contribution < -0.4 is 5.48 Å². The van der Waals surface area contributed by atoms with Crippen molar-refractivity contribution in [3.05, 3.63) is 72.3 Å². The number of nitrogens with one attached hydrogen (secondary N) is 2. The predicted molar refractivity (Wildman–Crippen MR) is 139 cm³/mol. The number of aromatic nitrogens is 6. The topological polar surface area (TPSA) is 120 Å². The zero-order chi connectivity index (χ0) is 26.1. The number of fused-ring (bicyclic) bond motifs is 2. The van der Waals surface area contributed by atoms with Crippen LogP contribution in [0.5, 0.6) is 0 Å². The lowest BCUT2D eigenvalue weighted by Crippen LogP contribution is -2.27. The highest BCUT2D eigenvalue weighted by molar-refractivity contribution is 5.97. The quantitative estimate of drug-likeness (QED) is 0.320. The van der Waals surface area contributed by atoms with Crippen LogP contribution in [0.15, 0.2) is 55.1 Å². The van der Waals surface area contributed by atoms with Gasteiger partial charge in [-0.3, -0.25) is 4.79 Å². The number of hydrogen-bond donors (Lipinski definition) is 2. The molecule has 0 saturated heterocycles. The van der Waals surface area contributed by atoms with Crippen molar-refractivity contribution in [2.24, 2.45) is 13.0 Å². The number of aromatic amines is 1. The highest BCUT2D eigenvalue weighted by atomic mass is 16.7. The van der Waals surface area contributed by atoms with Crippen LogP contribution in [0, 0.1) is 5.92 Å². The summed E-state index contributed by atoms with van der Waals surface area (Å²) < 4.78 is 3.89. The van der Waals surface area contributed by atoms with Gasteiger partial charge in [-0.05, 0) is 55.7 Å². The second kappa shape index (κ2) is 9.88. The number of carbonyl (C=O) groups excluding carboxylic acids is 2. The van der Waals surface area contributed by atoms with Crippen LogP contribution >= 0.6 is 0 Å². The Balaban J connectivity index is 1.35. The summed E-state index contributed by atoms with van der Waals surface area (Å²) in [5.74, 6) is 0.917. The van der Waals surface area contributed by atoms with Crippen LogP contribution in [0.1, 0.15) is 61.5 Å². The summed E-state index contributed by atoms with van der Waals surface area (Å²) in [6.07, 6.45) is 6.34. The molecule has 3 aromatic heterocycles. The third kappa shape index (κ3) is 4.95. The van der Waals surface area contributed by atoms with Crippen molar-refractivity contribution in [1.82, 2.24) is 34.6 Å². The van der Waals surface area contributed by atoms with E-state index in [2.05, 4.69) is 15.4 Å². The Kier molecular flexibility index (Phi) is 6.47. The molecule has 0 aliphatic rings. The molecule has 37 heavy (non-hydrogen) atoms. The van der Waals surface area contributed by atoms with Gasteiger partial charge in [0.2, 0.25) is 0 Å². The van der Waals surface area contributed by atoms with Crippen molar-refractivity contribution in [3.63, 3.8) is 0 Å². The monoisotopic (exact) mass is 499 g/mol. The summed E-state index contributed by atoms with van der Waals surface area (Å²) in [7, 11) is 1.91. The lowest BCUT2D eigenvalue weighted by molar-refractivity contribution is -0.149. The van der Waals surface area contributed by atoms with Crippen molar-refractivity contribution >= 4 is 33.9 Å². The van der Waals surface area contributed by atoms with Crippen LogP contribution in [0.2, 0.25) is 0 Å². The maximum atomic E-state index is 12.6. The molecule has 1 amide bonds. The molecule has 10 nitrogen and oxygen atoms in total. The van der Waals surface area contributed by atoms with E-state index in [-0.39, 0.29) is 12.3 Å². The minimum absolute atomic E-state index is 0.124. The van der Waals surface area contributed by atoms with Gasteiger partial charge in [0.05, 0.1) is 34.3 Å². The smallest absolute Gasteiger partial charge is 0.332 e. The Labute approximate surface area is 213 Å². The summed E-state index contributed by atoms with van der Waals surface area (Å²) in [6, 6.07) is 11.2. The van der Waals surface area contributed by atoms with E-state index >= 15 is 0 Å². The zero-order valence-electron chi connectivity index (χ0n) is 21.2. The van der Waals surface area contributed by atoms with E-state index in [4.69, 9.17) is 14.8 Å². The van der Waals surface area contributed by atoms with Gasteiger partial charge >= 0.3 is 5.97 Å². The molecule has 5 rings (SSSR count). The first kappa shape index (κ1) is 24.2. The molecule has 0 radical (unpaired) electrons. The molecule has 0 spiro atoms. The highest BCUT2D eigenvalue weighted by Crippen LogP contribution is 2.27. The summed E-state index contributed by atoms with van der Waals surface area (Å²) in [4.78, 5) is 46.5. The number of hydroxylamine groups is 1. The third-order valence-electron chi connectivity index (χ3n) is 6.45. The van der Waals surface area contributed by atoms with Gasteiger partial charge in [0, 0.05) is 37.1 Å². The minimum Gasteiger partial charge on any atom is -0.341 e. The summed E-state index contributed by atoms with van der Waals surface area (Å²) in [5.41, 5.74) is 6.95. The van der Waals surface area contributed by atoms with E-state index in [1.54, 1.807) is 30.7 Å². The number of rotatable bonds is 7. The summed E-state index contributed by atoms with van der Waals surface area (Å²) >= 11 is 0. The average molecular weight is 500 g/mol.